The van der Waals surface area contributed by atoms with Crippen LogP contribution in [0.1, 0.15) is 45.2 Å². The Kier molecular flexibility index (Phi) is 4.53. The number of hydrogen-bond donors (Lipinski definition) is 1. The van der Waals surface area contributed by atoms with Gasteiger partial charge in [0.05, 0.1) is 23.3 Å². The fourth-order valence-electron chi connectivity index (χ4n) is 3.11. The van der Waals surface area contributed by atoms with Crippen molar-refractivity contribution in [1.29, 1.82) is 5.26 Å². The van der Waals surface area contributed by atoms with Gasteiger partial charge in [0.15, 0.2) is 5.76 Å². The van der Waals surface area contributed by atoms with Crippen LogP contribution in [-0.2, 0) is 19.4 Å². The van der Waals surface area contributed by atoms with Crippen LogP contribution in [0.5, 0.6) is 0 Å². The number of hydrogen-bond acceptors (Lipinski definition) is 5. The Balaban J connectivity index is 1.51. The molecular formula is C18H15ClN4O2S. The molecule has 132 valence electrons. The molecule has 1 N–H and O–H groups in total. The SMILES string of the molecule is N#Cc1c(NC(=O)c2ccc(Cn3cc(Cl)cn3)o2)sc2c1CCCC2. The maximum absolute atomic E-state index is 12.5. The molecule has 0 saturated carbocycles. The third-order valence-electron chi connectivity index (χ3n) is 4.32. The largest absolute Gasteiger partial charge is 0.454 e. The van der Waals surface area contributed by atoms with Gasteiger partial charge in [0.1, 0.15) is 16.8 Å². The van der Waals surface area contributed by atoms with E-state index in [9.17, 15) is 10.1 Å². The number of nitrogens with zero attached hydrogens (tertiary/aromatic N) is 3. The van der Waals surface area contributed by atoms with E-state index in [-0.39, 0.29) is 11.7 Å². The number of aromatic nitrogens is 2. The van der Waals surface area contributed by atoms with E-state index in [0.717, 1.165) is 31.2 Å². The Hall–Kier alpha value is -2.56. The Labute approximate surface area is 159 Å². The maximum Gasteiger partial charge on any atom is 0.292 e. The molecule has 8 heteroatoms. The summed E-state index contributed by atoms with van der Waals surface area (Å²) in [6, 6.07) is 5.59. The summed E-state index contributed by atoms with van der Waals surface area (Å²) < 4.78 is 7.24. The van der Waals surface area contributed by atoms with E-state index < -0.39 is 0 Å². The summed E-state index contributed by atoms with van der Waals surface area (Å²) in [7, 11) is 0. The first kappa shape index (κ1) is 16.9. The first-order chi connectivity index (χ1) is 12.6. The molecule has 0 atom stereocenters. The minimum atomic E-state index is -0.357. The summed E-state index contributed by atoms with van der Waals surface area (Å²) in [5.41, 5.74) is 1.69. The number of carbonyl (C=O) groups excluding carboxylic acids is 1. The minimum Gasteiger partial charge on any atom is -0.454 e. The molecule has 0 spiro atoms. The second-order valence-corrected chi connectivity index (χ2v) is 7.64. The van der Waals surface area contributed by atoms with E-state index in [1.807, 2.05) is 0 Å². The smallest absolute Gasteiger partial charge is 0.292 e. The van der Waals surface area contributed by atoms with Gasteiger partial charge >= 0.3 is 0 Å². The van der Waals surface area contributed by atoms with Gasteiger partial charge in [0.25, 0.3) is 5.91 Å². The lowest BCUT2D eigenvalue weighted by molar-refractivity contribution is 0.0995. The average molecular weight is 387 g/mol. The third-order valence-corrected chi connectivity index (χ3v) is 5.72. The summed E-state index contributed by atoms with van der Waals surface area (Å²) in [4.78, 5) is 13.7. The number of carbonyl (C=O) groups is 1. The van der Waals surface area contributed by atoms with Gasteiger partial charge in [-0.3, -0.25) is 9.48 Å². The summed E-state index contributed by atoms with van der Waals surface area (Å²) in [6.07, 6.45) is 7.32. The maximum atomic E-state index is 12.5. The molecule has 0 fully saturated rings. The number of furan rings is 1. The lowest BCUT2D eigenvalue weighted by Gasteiger charge is -2.09. The molecule has 4 rings (SSSR count). The highest BCUT2D eigenvalue weighted by molar-refractivity contribution is 7.16. The van der Waals surface area contributed by atoms with Crippen molar-refractivity contribution in [1.82, 2.24) is 9.78 Å². The van der Waals surface area contributed by atoms with Crippen molar-refractivity contribution in [3.05, 3.63) is 57.1 Å². The fraction of sp³-hybridized carbons (Fsp3) is 0.278. The Morgan fingerprint density at radius 1 is 1.42 bits per heavy atom. The van der Waals surface area contributed by atoms with Crippen LogP contribution in [0.2, 0.25) is 5.02 Å². The monoisotopic (exact) mass is 386 g/mol. The van der Waals surface area contributed by atoms with Crippen LogP contribution in [-0.4, -0.2) is 15.7 Å². The van der Waals surface area contributed by atoms with Gasteiger partial charge in [-0.2, -0.15) is 10.4 Å². The summed E-state index contributed by atoms with van der Waals surface area (Å²) in [6.45, 7) is 0.386. The van der Waals surface area contributed by atoms with Crippen molar-refractivity contribution in [2.24, 2.45) is 0 Å². The molecule has 6 nitrogen and oxygen atoms in total. The van der Waals surface area contributed by atoms with E-state index in [1.54, 1.807) is 29.2 Å². The molecule has 0 saturated heterocycles. The van der Waals surface area contributed by atoms with Crippen LogP contribution in [0.25, 0.3) is 0 Å². The lowest BCUT2D eigenvalue weighted by Crippen LogP contribution is -2.11. The van der Waals surface area contributed by atoms with Crippen LogP contribution in [0.3, 0.4) is 0 Å². The number of rotatable bonds is 4. The van der Waals surface area contributed by atoms with Crippen LogP contribution in [0.4, 0.5) is 5.00 Å². The summed E-state index contributed by atoms with van der Waals surface area (Å²) >= 11 is 7.34. The molecule has 3 heterocycles. The van der Waals surface area contributed by atoms with Crippen LogP contribution in [0, 0.1) is 11.3 Å². The Morgan fingerprint density at radius 3 is 3.04 bits per heavy atom. The fourth-order valence-corrected chi connectivity index (χ4v) is 4.50. The van der Waals surface area contributed by atoms with Gasteiger partial charge in [-0.15, -0.1) is 11.3 Å². The molecular weight excluding hydrogens is 372 g/mol. The molecule has 0 unspecified atom stereocenters. The number of aryl methyl sites for hydroxylation is 1. The van der Waals surface area contributed by atoms with Crippen molar-refractivity contribution in [2.45, 2.75) is 32.2 Å². The van der Waals surface area contributed by atoms with Gasteiger partial charge in [0.2, 0.25) is 0 Å². The normalized spacial score (nSPS) is 13.2. The van der Waals surface area contributed by atoms with E-state index in [1.165, 1.54) is 16.2 Å². The topological polar surface area (TPSA) is 83.9 Å². The Morgan fingerprint density at radius 2 is 2.27 bits per heavy atom. The standard InChI is InChI=1S/C18H15ClN4O2S/c19-11-8-21-23(9-11)10-12-5-6-15(25-12)17(24)22-18-14(7-20)13-3-1-2-4-16(13)26-18/h5-6,8-9H,1-4,10H2,(H,22,24). The van der Waals surface area contributed by atoms with E-state index >= 15 is 0 Å². The molecule has 0 radical (unpaired) electrons. The second kappa shape index (κ2) is 6.98. The van der Waals surface area contributed by atoms with Gasteiger partial charge in [-0.25, -0.2) is 0 Å². The molecule has 26 heavy (non-hydrogen) atoms. The van der Waals surface area contributed by atoms with Crippen LogP contribution < -0.4 is 5.32 Å². The molecule has 0 aromatic carbocycles. The number of fused-ring (bicyclic) bond motifs is 1. The third kappa shape index (κ3) is 3.26. The molecule has 0 aliphatic heterocycles. The zero-order valence-corrected chi connectivity index (χ0v) is 15.4. The predicted molar refractivity (Wildman–Crippen MR) is 98.7 cm³/mol. The molecule has 1 aliphatic rings. The van der Waals surface area contributed by atoms with Gasteiger partial charge in [-0.1, -0.05) is 11.6 Å². The number of anilines is 1. The first-order valence-corrected chi connectivity index (χ1v) is 9.46. The van der Waals surface area contributed by atoms with Gasteiger partial charge < -0.3 is 9.73 Å². The summed E-state index contributed by atoms with van der Waals surface area (Å²) in [5, 5.41) is 17.6. The molecule has 1 aliphatic carbocycles. The van der Waals surface area contributed by atoms with E-state index in [4.69, 9.17) is 16.0 Å². The number of nitriles is 1. The van der Waals surface area contributed by atoms with Crippen molar-refractivity contribution in [3.63, 3.8) is 0 Å². The van der Waals surface area contributed by atoms with Crippen molar-refractivity contribution in [3.8, 4) is 6.07 Å². The molecule has 3 aromatic heterocycles. The van der Waals surface area contributed by atoms with Crippen molar-refractivity contribution < 1.29 is 9.21 Å². The highest BCUT2D eigenvalue weighted by atomic mass is 35.5. The highest BCUT2D eigenvalue weighted by Gasteiger charge is 2.23. The van der Waals surface area contributed by atoms with Crippen LogP contribution in [0.15, 0.2) is 28.9 Å². The zero-order valence-electron chi connectivity index (χ0n) is 13.8. The zero-order chi connectivity index (χ0) is 18.1. The number of nitrogens with one attached hydrogen (secondary N) is 1. The van der Waals surface area contributed by atoms with Crippen molar-refractivity contribution in [2.75, 3.05) is 5.32 Å². The number of amides is 1. The molecule has 0 bridgehead atoms. The van der Waals surface area contributed by atoms with Gasteiger partial charge in [-0.05, 0) is 43.4 Å². The summed E-state index contributed by atoms with van der Waals surface area (Å²) in [5.74, 6) is 0.444. The van der Waals surface area contributed by atoms with Gasteiger partial charge in [0, 0.05) is 11.1 Å². The highest BCUT2D eigenvalue weighted by Crippen LogP contribution is 2.37. The Bertz CT molecular complexity index is 1010. The van der Waals surface area contributed by atoms with E-state index in [2.05, 4.69) is 16.5 Å². The van der Waals surface area contributed by atoms with Crippen molar-refractivity contribution >= 4 is 33.8 Å². The number of halogens is 1. The predicted octanol–water partition coefficient (Wildman–Crippen LogP) is 4.24. The van der Waals surface area contributed by atoms with E-state index in [0.29, 0.717) is 27.9 Å². The quantitative estimate of drug-likeness (QED) is 0.726. The minimum absolute atomic E-state index is 0.202. The number of thiophene rings is 1. The van der Waals surface area contributed by atoms with Crippen LogP contribution >= 0.6 is 22.9 Å². The molecule has 1 amide bonds. The molecule has 3 aromatic rings. The average Bonchev–Trinajstić information content (AvgIpc) is 3.33. The second-order valence-electron chi connectivity index (χ2n) is 6.10. The first-order valence-electron chi connectivity index (χ1n) is 8.26. The lowest BCUT2D eigenvalue weighted by atomic mass is 9.96.